The van der Waals surface area contributed by atoms with Crippen molar-refractivity contribution in [3.05, 3.63) is 41.9 Å². The molecule has 1 unspecified atom stereocenters. The molecule has 2 aromatic heterocycles. The fourth-order valence-corrected chi connectivity index (χ4v) is 2.46. The van der Waals surface area contributed by atoms with E-state index < -0.39 is 0 Å². The van der Waals surface area contributed by atoms with Crippen molar-refractivity contribution in [2.75, 3.05) is 13.6 Å². The van der Waals surface area contributed by atoms with Crippen LogP contribution in [0.1, 0.15) is 17.3 Å². The summed E-state index contributed by atoms with van der Waals surface area (Å²) in [6.07, 6.45) is 2.04. The van der Waals surface area contributed by atoms with Gasteiger partial charge in [0.2, 0.25) is 0 Å². The Balaban J connectivity index is 2.12. The first-order valence-corrected chi connectivity index (χ1v) is 6.24. The van der Waals surface area contributed by atoms with E-state index in [1.165, 1.54) is 10.9 Å². The lowest BCUT2D eigenvalue weighted by atomic mass is 9.97. The topological polar surface area (TPSA) is 71.4 Å². The Morgan fingerprint density at radius 3 is 2.95 bits per heavy atom. The molecule has 0 radical (unpaired) electrons. The normalized spacial score (nSPS) is 12.9. The second kappa shape index (κ2) is 4.81. The molecule has 2 N–H and O–H groups in total. The van der Waals surface area contributed by atoms with Gasteiger partial charge in [0, 0.05) is 30.7 Å². The number of aromatic amines is 1. The summed E-state index contributed by atoms with van der Waals surface area (Å²) < 4.78 is 1.73. The first-order valence-electron chi connectivity index (χ1n) is 6.24. The molecule has 0 fully saturated rings. The van der Waals surface area contributed by atoms with Crippen molar-refractivity contribution in [2.24, 2.45) is 7.05 Å². The highest BCUT2D eigenvalue weighted by molar-refractivity contribution is 5.84. The maximum Gasteiger partial charge on any atom is 0.159 e. The van der Waals surface area contributed by atoms with Crippen LogP contribution >= 0.6 is 0 Å². The molecule has 3 rings (SSSR count). The summed E-state index contributed by atoms with van der Waals surface area (Å²) in [5, 5.41) is 16.2. The van der Waals surface area contributed by atoms with Gasteiger partial charge in [0.25, 0.3) is 0 Å². The number of para-hydroxylation sites is 1. The number of benzene rings is 1. The predicted molar refractivity (Wildman–Crippen MR) is 72.9 cm³/mol. The molecule has 0 aliphatic heterocycles. The lowest BCUT2D eigenvalue weighted by Gasteiger charge is -2.14. The van der Waals surface area contributed by atoms with E-state index in [0.717, 1.165) is 17.9 Å². The van der Waals surface area contributed by atoms with E-state index in [-0.39, 0.29) is 5.92 Å². The number of tetrazole rings is 1. The molecule has 3 aromatic rings. The minimum Gasteiger partial charge on any atom is -0.361 e. The fraction of sp³-hybridized carbons (Fsp3) is 0.308. The van der Waals surface area contributed by atoms with Gasteiger partial charge in [-0.1, -0.05) is 18.2 Å². The zero-order valence-electron chi connectivity index (χ0n) is 11.0. The van der Waals surface area contributed by atoms with Crippen LogP contribution in [0.15, 0.2) is 30.5 Å². The molecule has 0 bridgehead atoms. The number of nitrogens with one attached hydrogen (secondary N) is 2. The van der Waals surface area contributed by atoms with Crippen molar-refractivity contribution >= 4 is 10.9 Å². The summed E-state index contributed by atoms with van der Waals surface area (Å²) in [6, 6.07) is 8.27. The smallest absolute Gasteiger partial charge is 0.159 e. The predicted octanol–water partition coefficient (Wildman–Crippen LogP) is 1.04. The van der Waals surface area contributed by atoms with Gasteiger partial charge in [0.05, 0.1) is 5.92 Å². The van der Waals surface area contributed by atoms with Crippen molar-refractivity contribution in [3.8, 4) is 0 Å². The van der Waals surface area contributed by atoms with E-state index in [4.69, 9.17) is 0 Å². The number of rotatable bonds is 4. The van der Waals surface area contributed by atoms with Gasteiger partial charge >= 0.3 is 0 Å². The molecule has 98 valence electrons. The average molecular weight is 256 g/mol. The van der Waals surface area contributed by atoms with E-state index in [2.05, 4.69) is 38.0 Å². The molecular weight excluding hydrogens is 240 g/mol. The van der Waals surface area contributed by atoms with Crippen LogP contribution in [0.3, 0.4) is 0 Å². The Hall–Kier alpha value is -2.21. The highest BCUT2D eigenvalue weighted by Gasteiger charge is 2.22. The van der Waals surface area contributed by atoms with Crippen LogP contribution in [0.25, 0.3) is 10.9 Å². The number of nitrogens with zero attached hydrogens (tertiary/aromatic N) is 4. The van der Waals surface area contributed by atoms with Gasteiger partial charge in [-0.3, -0.25) is 0 Å². The summed E-state index contributed by atoms with van der Waals surface area (Å²) >= 11 is 0. The van der Waals surface area contributed by atoms with Crippen molar-refractivity contribution in [1.82, 2.24) is 30.5 Å². The molecule has 2 heterocycles. The zero-order chi connectivity index (χ0) is 13.2. The number of fused-ring (bicyclic) bond motifs is 1. The van der Waals surface area contributed by atoms with Crippen LogP contribution in [-0.2, 0) is 7.05 Å². The number of hydrogen-bond acceptors (Lipinski definition) is 4. The average Bonchev–Trinajstić information content (AvgIpc) is 3.03. The fourth-order valence-electron chi connectivity index (χ4n) is 2.46. The lowest BCUT2D eigenvalue weighted by molar-refractivity contribution is 0.613. The minimum atomic E-state index is 0.126. The minimum absolute atomic E-state index is 0.126. The number of aromatic nitrogens is 5. The maximum absolute atomic E-state index is 4.15. The van der Waals surface area contributed by atoms with Crippen molar-refractivity contribution in [3.63, 3.8) is 0 Å². The van der Waals surface area contributed by atoms with Crippen LogP contribution in [0.2, 0.25) is 0 Å². The van der Waals surface area contributed by atoms with E-state index >= 15 is 0 Å². The van der Waals surface area contributed by atoms with Gasteiger partial charge < -0.3 is 10.3 Å². The summed E-state index contributed by atoms with van der Waals surface area (Å²) in [6.45, 7) is 0.788. The number of aryl methyl sites for hydroxylation is 1. The molecule has 0 saturated carbocycles. The van der Waals surface area contributed by atoms with Gasteiger partial charge in [-0.15, -0.1) is 5.10 Å². The molecule has 0 amide bonds. The maximum atomic E-state index is 4.15. The largest absolute Gasteiger partial charge is 0.361 e. The molecule has 6 heteroatoms. The molecule has 0 spiro atoms. The van der Waals surface area contributed by atoms with E-state index in [1.54, 1.807) is 4.68 Å². The Kier molecular flexibility index (Phi) is 3.00. The van der Waals surface area contributed by atoms with Gasteiger partial charge in [-0.25, -0.2) is 4.68 Å². The standard InChI is InChI=1S/C13H16N6/c1-14-7-11(13-16-17-18-19(13)2)10-8-15-12-6-4-3-5-9(10)12/h3-6,8,11,14-15H,7H2,1-2H3. The Morgan fingerprint density at radius 1 is 1.37 bits per heavy atom. The van der Waals surface area contributed by atoms with Crippen LogP contribution in [0.4, 0.5) is 0 Å². The third kappa shape index (κ3) is 2.00. The van der Waals surface area contributed by atoms with Crippen molar-refractivity contribution in [1.29, 1.82) is 0 Å². The molecular formula is C13H16N6. The van der Waals surface area contributed by atoms with Gasteiger partial charge in [-0.05, 0) is 29.1 Å². The third-order valence-electron chi connectivity index (χ3n) is 3.37. The molecule has 0 saturated heterocycles. The number of H-pyrrole nitrogens is 1. The number of likely N-dealkylation sites (N-methyl/N-ethyl adjacent to an activating group) is 1. The Bertz CT molecular complexity index is 683. The van der Waals surface area contributed by atoms with E-state index in [0.29, 0.717) is 0 Å². The molecule has 0 aliphatic rings. The summed E-state index contributed by atoms with van der Waals surface area (Å²) in [4.78, 5) is 3.30. The second-order valence-electron chi connectivity index (χ2n) is 4.56. The van der Waals surface area contributed by atoms with Gasteiger partial charge in [0.1, 0.15) is 0 Å². The third-order valence-corrected chi connectivity index (χ3v) is 3.37. The summed E-state index contributed by atoms with van der Waals surface area (Å²) in [5.41, 5.74) is 2.34. The Labute approximate surface area is 110 Å². The second-order valence-corrected chi connectivity index (χ2v) is 4.56. The molecule has 0 aliphatic carbocycles. The highest BCUT2D eigenvalue weighted by Crippen LogP contribution is 2.28. The first kappa shape index (κ1) is 11.9. The van der Waals surface area contributed by atoms with Gasteiger partial charge in [-0.2, -0.15) is 0 Å². The molecule has 19 heavy (non-hydrogen) atoms. The molecule has 6 nitrogen and oxygen atoms in total. The first-order chi connectivity index (χ1) is 9.31. The SMILES string of the molecule is CNCC(c1c[nH]c2ccccc12)c1nnnn1C. The summed E-state index contributed by atoms with van der Waals surface area (Å²) in [5.74, 6) is 0.986. The van der Waals surface area contributed by atoms with Crippen LogP contribution in [0, 0.1) is 0 Å². The van der Waals surface area contributed by atoms with Crippen LogP contribution in [-0.4, -0.2) is 38.8 Å². The molecule has 1 atom stereocenters. The quantitative estimate of drug-likeness (QED) is 0.731. The molecule has 1 aromatic carbocycles. The van der Waals surface area contributed by atoms with E-state index in [1.807, 2.05) is 32.4 Å². The van der Waals surface area contributed by atoms with Crippen LogP contribution in [0.5, 0.6) is 0 Å². The van der Waals surface area contributed by atoms with Crippen LogP contribution < -0.4 is 5.32 Å². The summed E-state index contributed by atoms with van der Waals surface area (Å²) in [7, 11) is 3.80. The lowest BCUT2D eigenvalue weighted by Crippen LogP contribution is -2.21. The Morgan fingerprint density at radius 2 is 2.21 bits per heavy atom. The highest BCUT2D eigenvalue weighted by atomic mass is 15.5. The number of hydrogen-bond donors (Lipinski definition) is 2. The van der Waals surface area contributed by atoms with Gasteiger partial charge in [0.15, 0.2) is 5.82 Å². The van der Waals surface area contributed by atoms with Crippen molar-refractivity contribution in [2.45, 2.75) is 5.92 Å². The van der Waals surface area contributed by atoms with Crippen molar-refractivity contribution < 1.29 is 0 Å². The van der Waals surface area contributed by atoms with E-state index in [9.17, 15) is 0 Å². The monoisotopic (exact) mass is 256 g/mol. The zero-order valence-corrected chi connectivity index (χ0v) is 11.0.